The molecule has 5 nitrogen and oxygen atoms in total. The Kier molecular flexibility index (Phi) is 5.30. The molecule has 0 amide bonds. The number of esters is 1. The van der Waals surface area contributed by atoms with Crippen LogP contribution in [0.3, 0.4) is 0 Å². The summed E-state index contributed by atoms with van der Waals surface area (Å²) in [6.45, 7) is 6.08. The number of rotatable bonds is 5. The Hall–Kier alpha value is -1.34. The fourth-order valence-corrected chi connectivity index (χ4v) is 4.95. The molecule has 2 aromatic heterocycles. The minimum absolute atomic E-state index is 0.0846. The average molecular weight is 367 g/mol. The molecule has 1 aliphatic rings. The minimum atomic E-state index is -0.281. The molecule has 0 spiro atoms. The molecule has 0 fully saturated rings. The summed E-state index contributed by atoms with van der Waals surface area (Å²) in [6, 6.07) is 0. The van der Waals surface area contributed by atoms with Gasteiger partial charge in [-0.3, -0.25) is 9.59 Å². The van der Waals surface area contributed by atoms with Gasteiger partial charge in [0.25, 0.3) is 5.56 Å². The van der Waals surface area contributed by atoms with Crippen molar-refractivity contribution in [1.29, 1.82) is 0 Å². The number of thiophene rings is 1. The smallest absolute Gasteiger partial charge is 0.316 e. The highest BCUT2D eigenvalue weighted by Crippen LogP contribution is 2.36. The van der Waals surface area contributed by atoms with Gasteiger partial charge >= 0.3 is 5.97 Å². The molecule has 130 valence electrons. The van der Waals surface area contributed by atoms with Gasteiger partial charge in [0, 0.05) is 4.88 Å². The van der Waals surface area contributed by atoms with Gasteiger partial charge in [-0.25, -0.2) is 4.98 Å². The highest BCUT2D eigenvalue weighted by molar-refractivity contribution is 7.99. The monoisotopic (exact) mass is 366 g/mol. The van der Waals surface area contributed by atoms with Crippen molar-refractivity contribution in [1.82, 2.24) is 9.97 Å². The number of ether oxygens (including phenoxy) is 1. The van der Waals surface area contributed by atoms with Gasteiger partial charge in [0.05, 0.1) is 17.2 Å². The zero-order chi connectivity index (χ0) is 17.3. The molecule has 0 radical (unpaired) electrons. The molecule has 24 heavy (non-hydrogen) atoms. The molecular weight excluding hydrogens is 344 g/mol. The first-order valence-corrected chi connectivity index (χ1v) is 10.1. The van der Waals surface area contributed by atoms with E-state index in [1.54, 1.807) is 11.3 Å². The first-order valence-electron chi connectivity index (χ1n) is 8.34. The molecule has 2 heterocycles. The zero-order valence-corrected chi connectivity index (χ0v) is 15.8. The first kappa shape index (κ1) is 17.5. The lowest BCUT2D eigenvalue weighted by atomic mass is 9.89. The fraction of sp³-hybridized carbons (Fsp3) is 0.588. The predicted molar refractivity (Wildman–Crippen MR) is 98.0 cm³/mol. The number of aryl methyl sites for hydroxylation is 1. The SMILES string of the molecule is CC[C@H](C)OC(=O)CSc1nc2sc3c(c2c(=O)[nH]1)CC[C@H](C)C3. The number of carbonyl (C=O) groups excluding carboxylic acids is 1. The fourth-order valence-electron chi connectivity index (χ4n) is 2.87. The first-order chi connectivity index (χ1) is 11.5. The predicted octanol–water partition coefficient (Wildman–Crippen LogP) is 3.54. The van der Waals surface area contributed by atoms with E-state index in [0.717, 1.165) is 35.9 Å². The molecule has 2 aromatic rings. The van der Waals surface area contributed by atoms with Crippen LogP contribution in [0.1, 0.15) is 44.1 Å². The maximum Gasteiger partial charge on any atom is 0.316 e. The summed E-state index contributed by atoms with van der Waals surface area (Å²) in [6.07, 6.45) is 3.81. The quantitative estimate of drug-likeness (QED) is 0.498. The number of nitrogens with zero attached hydrogens (tertiary/aromatic N) is 1. The molecule has 2 atom stereocenters. The summed E-state index contributed by atoms with van der Waals surface area (Å²) in [5.74, 6) is 0.534. The van der Waals surface area contributed by atoms with Gasteiger partial charge < -0.3 is 9.72 Å². The van der Waals surface area contributed by atoms with Crippen LogP contribution in [-0.2, 0) is 22.4 Å². The van der Waals surface area contributed by atoms with Crippen LogP contribution in [0.5, 0.6) is 0 Å². The van der Waals surface area contributed by atoms with Gasteiger partial charge in [0.1, 0.15) is 4.83 Å². The highest BCUT2D eigenvalue weighted by Gasteiger charge is 2.23. The number of thioether (sulfide) groups is 1. The maximum absolute atomic E-state index is 12.5. The topological polar surface area (TPSA) is 72.0 Å². The van der Waals surface area contributed by atoms with Gasteiger partial charge in [-0.15, -0.1) is 11.3 Å². The Morgan fingerprint density at radius 2 is 2.33 bits per heavy atom. The molecule has 0 bridgehead atoms. The molecule has 0 saturated carbocycles. The number of fused-ring (bicyclic) bond motifs is 3. The number of nitrogens with one attached hydrogen (secondary N) is 1. The normalized spacial score (nSPS) is 18.4. The largest absolute Gasteiger partial charge is 0.462 e. The van der Waals surface area contributed by atoms with E-state index in [4.69, 9.17) is 4.74 Å². The third-order valence-corrected chi connectivity index (χ3v) is 6.37. The van der Waals surface area contributed by atoms with E-state index in [1.807, 2.05) is 13.8 Å². The number of H-pyrrole nitrogens is 1. The highest BCUT2D eigenvalue weighted by atomic mass is 32.2. The molecule has 7 heteroatoms. The van der Waals surface area contributed by atoms with Crippen molar-refractivity contribution in [3.63, 3.8) is 0 Å². The van der Waals surface area contributed by atoms with Crippen molar-refractivity contribution < 1.29 is 9.53 Å². The van der Waals surface area contributed by atoms with E-state index in [1.165, 1.54) is 22.2 Å². The van der Waals surface area contributed by atoms with Gasteiger partial charge in [-0.1, -0.05) is 25.6 Å². The van der Waals surface area contributed by atoms with Crippen molar-refractivity contribution in [3.8, 4) is 0 Å². The lowest BCUT2D eigenvalue weighted by Gasteiger charge is -2.17. The summed E-state index contributed by atoms with van der Waals surface area (Å²) in [4.78, 5) is 33.7. The second kappa shape index (κ2) is 7.27. The Bertz CT molecular complexity index is 812. The third kappa shape index (κ3) is 3.67. The van der Waals surface area contributed by atoms with Crippen LogP contribution in [-0.4, -0.2) is 27.8 Å². The molecule has 0 saturated heterocycles. The van der Waals surface area contributed by atoms with Crippen LogP contribution in [0.15, 0.2) is 9.95 Å². The van der Waals surface area contributed by atoms with Crippen LogP contribution in [0.2, 0.25) is 0 Å². The van der Waals surface area contributed by atoms with E-state index >= 15 is 0 Å². The second-order valence-electron chi connectivity index (χ2n) is 6.40. The van der Waals surface area contributed by atoms with Crippen LogP contribution in [0, 0.1) is 5.92 Å². The molecule has 1 aliphatic carbocycles. The van der Waals surface area contributed by atoms with E-state index in [-0.39, 0.29) is 23.4 Å². The van der Waals surface area contributed by atoms with Crippen molar-refractivity contribution in [3.05, 3.63) is 20.8 Å². The van der Waals surface area contributed by atoms with Crippen LogP contribution >= 0.6 is 23.1 Å². The number of aromatic nitrogens is 2. The summed E-state index contributed by atoms with van der Waals surface area (Å²) in [7, 11) is 0. The lowest BCUT2D eigenvalue weighted by molar-refractivity contribution is -0.144. The van der Waals surface area contributed by atoms with E-state index < -0.39 is 0 Å². The number of hydrogen-bond acceptors (Lipinski definition) is 6. The lowest BCUT2D eigenvalue weighted by Crippen LogP contribution is -2.16. The van der Waals surface area contributed by atoms with E-state index in [9.17, 15) is 9.59 Å². The standard InChI is InChI=1S/C17H22N2O3S2/c1-4-10(3)22-13(20)8-23-17-18-15(21)14-11-6-5-9(2)7-12(11)24-16(14)19-17/h9-10H,4-8H2,1-3H3,(H,18,19,21)/t9-,10-/m0/s1. The molecular formula is C17H22N2O3S2. The Morgan fingerprint density at radius 1 is 1.54 bits per heavy atom. The average Bonchev–Trinajstić information content (AvgIpc) is 2.90. The molecule has 3 rings (SSSR count). The van der Waals surface area contributed by atoms with Crippen LogP contribution < -0.4 is 5.56 Å². The van der Waals surface area contributed by atoms with E-state index in [2.05, 4.69) is 16.9 Å². The molecule has 1 N–H and O–H groups in total. The number of carbonyl (C=O) groups is 1. The molecule has 0 unspecified atom stereocenters. The second-order valence-corrected chi connectivity index (χ2v) is 8.45. The van der Waals surface area contributed by atoms with Crippen molar-refractivity contribution in [2.75, 3.05) is 5.75 Å². The summed E-state index contributed by atoms with van der Waals surface area (Å²) in [5.41, 5.74) is 1.08. The zero-order valence-electron chi connectivity index (χ0n) is 14.2. The van der Waals surface area contributed by atoms with Crippen molar-refractivity contribution >= 4 is 39.3 Å². The third-order valence-electron chi connectivity index (χ3n) is 4.38. The number of hydrogen-bond donors (Lipinski definition) is 1. The summed E-state index contributed by atoms with van der Waals surface area (Å²) >= 11 is 2.84. The number of aromatic amines is 1. The van der Waals surface area contributed by atoms with Crippen molar-refractivity contribution in [2.45, 2.75) is 57.7 Å². The maximum atomic E-state index is 12.5. The van der Waals surface area contributed by atoms with Gasteiger partial charge in [-0.05, 0) is 44.1 Å². The van der Waals surface area contributed by atoms with Crippen molar-refractivity contribution in [2.24, 2.45) is 5.92 Å². The molecule has 0 aliphatic heterocycles. The Morgan fingerprint density at radius 3 is 3.08 bits per heavy atom. The van der Waals surface area contributed by atoms with E-state index in [0.29, 0.717) is 11.1 Å². The minimum Gasteiger partial charge on any atom is -0.462 e. The Labute approximate surface area is 149 Å². The molecule has 0 aromatic carbocycles. The van der Waals surface area contributed by atoms with Crippen LogP contribution in [0.25, 0.3) is 10.2 Å². The summed E-state index contributed by atoms with van der Waals surface area (Å²) < 4.78 is 5.24. The summed E-state index contributed by atoms with van der Waals surface area (Å²) in [5, 5.41) is 1.23. The Balaban J connectivity index is 1.79. The van der Waals surface area contributed by atoms with Gasteiger partial charge in [0.15, 0.2) is 5.16 Å². The van der Waals surface area contributed by atoms with Gasteiger partial charge in [-0.2, -0.15) is 0 Å². The van der Waals surface area contributed by atoms with Crippen LogP contribution in [0.4, 0.5) is 0 Å². The van der Waals surface area contributed by atoms with Gasteiger partial charge in [0.2, 0.25) is 0 Å².